The van der Waals surface area contributed by atoms with E-state index in [4.69, 9.17) is 37.4 Å². The third-order valence-corrected chi connectivity index (χ3v) is 7.27. The first-order chi connectivity index (χ1) is 19.2. The van der Waals surface area contributed by atoms with Crippen LogP contribution >= 0.6 is 23.2 Å². The molecule has 1 aliphatic carbocycles. The van der Waals surface area contributed by atoms with Gasteiger partial charge in [-0.15, -0.1) is 0 Å². The number of ether oxygens (including phenoxy) is 3. The second-order valence-corrected chi connectivity index (χ2v) is 10.3. The van der Waals surface area contributed by atoms with Gasteiger partial charge >= 0.3 is 5.97 Å². The number of benzene rings is 2. The first-order valence-electron chi connectivity index (χ1n) is 12.5. The summed E-state index contributed by atoms with van der Waals surface area (Å²) in [5, 5.41) is 3.34. The molecule has 3 aromatic rings. The van der Waals surface area contributed by atoms with Gasteiger partial charge < -0.3 is 24.4 Å². The monoisotopic (exact) mass is 580 g/mol. The fourth-order valence-electron chi connectivity index (χ4n) is 4.45. The summed E-state index contributed by atoms with van der Waals surface area (Å²) in [4.78, 5) is 35.6. The number of carbonyl (C=O) groups is 2. The largest absolute Gasteiger partial charge is 0.495 e. The van der Waals surface area contributed by atoms with Gasteiger partial charge in [-0.05, 0) is 41.7 Å². The lowest BCUT2D eigenvalue weighted by molar-refractivity contribution is 0.0532. The molecule has 1 N–H and O–H groups in total. The topological polar surface area (TPSA) is 103 Å². The van der Waals surface area contributed by atoms with Crippen LogP contribution in [-0.4, -0.2) is 47.5 Å². The molecule has 1 unspecified atom stereocenters. The fraction of sp³-hybridized carbons (Fsp3) is 0.241. The molecular weight excluding hydrogens is 555 g/mol. The zero-order chi connectivity index (χ0) is 28.4. The SMILES string of the molecule is COc1cc(C(=O)OCC2=CC=CCC2C)c(Cl)cc1Nc1ncc(Cl)c(Oc2cccc3c2C(=O)N(C)C3)n1. The van der Waals surface area contributed by atoms with Crippen molar-refractivity contribution in [3.8, 4) is 17.4 Å². The first kappa shape index (κ1) is 27.5. The van der Waals surface area contributed by atoms with Crippen LogP contribution in [-0.2, 0) is 11.3 Å². The summed E-state index contributed by atoms with van der Waals surface area (Å²) in [6, 6.07) is 8.38. The van der Waals surface area contributed by atoms with Crippen molar-refractivity contribution in [2.24, 2.45) is 5.92 Å². The maximum absolute atomic E-state index is 12.8. The zero-order valence-electron chi connectivity index (χ0n) is 22.0. The van der Waals surface area contributed by atoms with Gasteiger partial charge in [0.25, 0.3) is 5.91 Å². The predicted molar refractivity (Wildman–Crippen MR) is 152 cm³/mol. The van der Waals surface area contributed by atoms with E-state index in [2.05, 4.69) is 28.3 Å². The molecule has 0 saturated heterocycles. The minimum Gasteiger partial charge on any atom is -0.495 e. The highest BCUT2D eigenvalue weighted by atomic mass is 35.5. The number of hydrogen-bond donors (Lipinski definition) is 1. The van der Waals surface area contributed by atoms with Crippen LogP contribution < -0.4 is 14.8 Å². The van der Waals surface area contributed by atoms with E-state index in [1.54, 1.807) is 24.1 Å². The number of carbonyl (C=O) groups excluding carboxylic acids is 2. The number of nitrogens with one attached hydrogen (secondary N) is 1. The standard InChI is InChI=1S/C29H26Cl2N4O5/c1-16-7-4-5-8-18(16)15-39-28(37)19-11-24(38-3)22(12-20(19)30)33-29-32-13-21(31)26(34-29)40-23-10-6-9-17-14-35(2)27(36)25(17)23/h4-6,8-13,16H,7,14-15H2,1-3H3,(H,32,33,34). The quantitative estimate of drug-likeness (QED) is 0.297. The number of allylic oxidation sites excluding steroid dienone is 3. The van der Waals surface area contributed by atoms with Crippen molar-refractivity contribution in [1.29, 1.82) is 0 Å². The van der Waals surface area contributed by atoms with Gasteiger partial charge in [-0.3, -0.25) is 4.79 Å². The molecule has 1 aliphatic heterocycles. The van der Waals surface area contributed by atoms with E-state index in [0.29, 0.717) is 35.2 Å². The summed E-state index contributed by atoms with van der Waals surface area (Å²) < 4.78 is 17.0. The molecule has 1 aromatic heterocycles. The number of rotatable bonds is 8. The Kier molecular flexibility index (Phi) is 7.95. The Balaban J connectivity index is 1.35. The Morgan fingerprint density at radius 3 is 2.80 bits per heavy atom. The molecule has 206 valence electrons. The van der Waals surface area contributed by atoms with Crippen LogP contribution in [0, 0.1) is 5.92 Å². The number of esters is 1. The van der Waals surface area contributed by atoms with Crippen molar-refractivity contribution in [2.45, 2.75) is 19.9 Å². The predicted octanol–water partition coefficient (Wildman–Crippen LogP) is 6.59. The molecule has 0 bridgehead atoms. The Morgan fingerprint density at radius 1 is 1.20 bits per heavy atom. The molecule has 9 nitrogen and oxygen atoms in total. The van der Waals surface area contributed by atoms with Crippen molar-refractivity contribution in [2.75, 3.05) is 26.1 Å². The van der Waals surface area contributed by atoms with Crippen molar-refractivity contribution in [1.82, 2.24) is 14.9 Å². The van der Waals surface area contributed by atoms with Crippen LogP contribution in [0.4, 0.5) is 11.6 Å². The van der Waals surface area contributed by atoms with Crippen LogP contribution in [0.2, 0.25) is 10.0 Å². The van der Waals surface area contributed by atoms with Gasteiger partial charge in [-0.1, -0.05) is 60.5 Å². The van der Waals surface area contributed by atoms with Gasteiger partial charge in [0, 0.05) is 13.6 Å². The third-order valence-electron chi connectivity index (χ3n) is 6.69. The Labute approximate surface area is 241 Å². The first-order valence-corrected chi connectivity index (χ1v) is 13.3. The fourth-order valence-corrected chi connectivity index (χ4v) is 4.82. The van der Waals surface area contributed by atoms with Crippen LogP contribution in [0.25, 0.3) is 0 Å². The molecule has 40 heavy (non-hydrogen) atoms. The van der Waals surface area contributed by atoms with E-state index in [9.17, 15) is 9.59 Å². The molecule has 2 heterocycles. The van der Waals surface area contributed by atoms with Gasteiger partial charge in [0.2, 0.25) is 11.8 Å². The number of amides is 1. The van der Waals surface area contributed by atoms with Crippen molar-refractivity contribution < 1.29 is 23.8 Å². The molecule has 0 spiro atoms. The van der Waals surface area contributed by atoms with Crippen molar-refractivity contribution in [3.05, 3.63) is 87.1 Å². The number of hydrogen-bond acceptors (Lipinski definition) is 8. The molecule has 0 fully saturated rings. The van der Waals surface area contributed by atoms with Crippen LogP contribution in [0.5, 0.6) is 17.4 Å². The molecule has 0 saturated carbocycles. The lowest BCUT2D eigenvalue weighted by Crippen LogP contribution is -2.17. The van der Waals surface area contributed by atoms with E-state index < -0.39 is 5.97 Å². The van der Waals surface area contributed by atoms with Gasteiger partial charge in [0.15, 0.2) is 0 Å². The Hall–Kier alpha value is -4.08. The Bertz CT molecular complexity index is 1560. The van der Waals surface area contributed by atoms with E-state index in [1.165, 1.54) is 25.4 Å². The Morgan fingerprint density at radius 2 is 2.02 bits per heavy atom. The van der Waals surface area contributed by atoms with Crippen LogP contribution in [0.15, 0.2) is 60.3 Å². The average molecular weight is 581 g/mol. The summed E-state index contributed by atoms with van der Waals surface area (Å²) in [5.74, 6) is 0.441. The van der Waals surface area contributed by atoms with Gasteiger partial charge in [0.05, 0.1) is 35.1 Å². The number of anilines is 2. The maximum atomic E-state index is 12.8. The van der Waals surface area contributed by atoms with Crippen LogP contribution in [0.1, 0.15) is 39.6 Å². The maximum Gasteiger partial charge on any atom is 0.340 e. The third kappa shape index (κ3) is 5.61. The number of fused-ring (bicyclic) bond motifs is 1. The second kappa shape index (κ2) is 11.6. The van der Waals surface area contributed by atoms with Crippen molar-refractivity contribution >= 4 is 46.7 Å². The van der Waals surface area contributed by atoms with Gasteiger partial charge in [0.1, 0.15) is 23.1 Å². The molecule has 0 radical (unpaired) electrons. The van der Waals surface area contributed by atoms with E-state index in [1.807, 2.05) is 18.2 Å². The normalized spacial score (nSPS) is 15.9. The number of aromatic nitrogens is 2. The molecule has 1 amide bonds. The summed E-state index contributed by atoms with van der Waals surface area (Å²) in [5.41, 5.74) is 2.93. The summed E-state index contributed by atoms with van der Waals surface area (Å²) in [7, 11) is 3.19. The number of nitrogens with zero attached hydrogens (tertiary/aromatic N) is 3. The second-order valence-electron chi connectivity index (χ2n) is 9.44. The highest BCUT2D eigenvalue weighted by Gasteiger charge is 2.29. The van der Waals surface area contributed by atoms with Gasteiger partial charge in [-0.2, -0.15) is 4.98 Å². The smallest absolute Gasteiger partial charge is 0.340 e. The minimum atomic E-state index is -0.563. The highest BCUT2D eigenvalue weighted by Crippen LogP contribution is 2.37. The van der Waals surface area contributed by atoms with Crippen LogP contribution in [0.3, 0.4) is 0 Å². The average Bonchev–Trinajstić information content (AvgIpc) is 3.23. The number of methoxy groups -OCH3 is 1. The molecule has 2 aliphatic rings. The summed E-state index contributed by atoms with van der Waals surface area (Å²) in [6.45, 7) is 2.75. The van der Waals surface area contributed by atoms with E-state index in [-0.39, 0.29) is 40.0 Å². The minimum absolute atomic E-state index is 0.0567. The molecule has 2 aromatic carbocycles. The van der Waals surface area contributed by atoms with E-state index in [0.717, 1.165) is 17.6 Å². The summed E-state index contributed by atoms with van der Waals surface area (Å²) in [6.07, 6.45) is 8.28. The molecular formula is C29H26Cl2N4O5. The molecule has 5 rings (SSSR count). The van der Waals surface area contributed by atoms with Crippen molar-refractivity contribution in [3.63, 3.8) is 0 Å². The molecule has 1 atom stereocenters. The lowest BCUT2D eigenvalue weighted by Gasteiger charge is -2.18. The highest BCUT2D eigenvalue weighted by molar-refractivity contribution is 6.34. The van der Waals surface area contributed by atoms with E-state index >= 15 is 0 Å². The lowest BCUT2D eigenvalue weighted by atomic mass is 9.94. The zero-order valence-corrected chi connectivity index (χ0v) is 23.5. The summed E-state index contributed by atoms with van der Waals surface area (Å²) >= 11 is 12.8. The molecule has 11 heteroatoms. The number of halogens is 2. The van der Waals surface area contributed by atoms with Gasteiger partial charge in [-0.25, -0.2) is 9.78 Å².